The molecule has 1 N–H and O–H groups in total. The van der Waals surface area contributed by atoms with Crippen molar-refractivity contribution in [3.63, 3.8) is 0 Å². The molecule has 2 rings (SSSR count). The third-order valence-corrected chi connectivity index (χ3v) is 4.22. The van der Waals surface area contributed by atoms with E-state index in [1.807, 2.05) is 18.2 Å². The third-order valence-electron chi connectivity index (χ3n) is 3.13. The highest BCUT2D eigenvalue weighted by atomic mass is 35.5. The van der Waals surface area contributed by atoms with Crippen LogP contribution in [0.4, 0.5) is 5.69 Å². The standard InChI is InChI=1S/C13H18ClNOS/c1-17(16)9-10-8-12(6-7-13(10)14)15-11-4-2-3-5-11/h6-8,11,15H,2-5,9H2,1H3/t17-/m0/s1. The van der Waals surface area contributed by atoms with E-state index in [-0.39, 0.29) is 0 Å². The molecule has 1 fully saturated rings. The summed E-state index contributed by atoms with van der Waals surface area (Å²) in [5.74, 6) is 0.527. The van der Waals surface area contributed by atoms with Crippen LogP contribution in [0, 0.1) is 0 Å². The molecule has 0 aliphatic heterocycles. The van der Waals surface area contributed by atoms with Crippen LogP contribution in [0.2, 0.25) is 5.02 Å². The van der Waals surface area contributed by atoms with Gasteiger partial charge in [-0.3, -0.25) is 4.21 Å². The van der Waals surface area contributed by atoms with Crippen molar-refractivity contribution < 1.29 is 4.21 Å². The zero-order valence-electron chi connectivity index (χ0n) is 10.0. The molecule has 94 valence electrons. The molecule has 0 amide bonds. The molecule has 17 heavy (non-hydrogen) atoms. The van der Waals surface area contributed by atoms with Crippen molar-refractivity contribution >= 4 is 28.1 Å². The monoisotopic (exact) mass is 271 g/mol. The average Bonchev–Trinajstić information content (AvgIpc) is 2.75. The molecular formula is C13H18ClNOS. The Hall–Kier alpha value is -0.540. The van der Waals surface area contributed by atoms with Gasteiger partial charge in [-0.05, 0) is 36.6 Å². The summed E-state index contributed by atoms with van der Waals surface area (Å²) in [4.78, 5) is 0. The van der Waals surface area contributed by atoms with Crippen molar-refractivity contribution in [1.29, 1.82) is 0 Å². The van der Waals surface area contributed by atoms with Crippen LogP contribution in [-0.4, -0.2) is 16.5 Å². The zero-order valence-corrected chi connectivity index (χ0v) is 11.6. The molecular weight excluding hydrogens is 254 g/mol. The summed E-state index contributed by atoms with van der Waals surface area (Å²) >= 11 is 6.09. The Morgan fingerprint density at radius 1 is 1.41 bits per heavy atom. The van der Waals surface area contributed by atoms with Gasteiger partial charge in [0.1, 0.15) is 0 Å². The van der Waals surface area contributed by atoms with Crippen molar-refractivity contribution in [3.05, 3.63) is 28.8 Å². The molecule has 0 bridgehead atoms. The van der Waals surface area contributed by atoms with E-state index in [1.165, 1.54) is 25.7 Å². The van der Waals surface area contributed by atoms with Gasteiger partial charge in [0.15, 0.2) is 0 Å². The average molecular weight is 272 g/mol. The molecule has 0 radical (unpaired) electrons. The first-order chi connectivity index (χ1) is 8.15. The first kappa shape index (κ1) is 12.9. The second kappa shape index (κ2) is 5.87. The van der Waals surface area contributed by atoms with Gasteiger partial charge in [-0.1, -0.05) is 24.4 Å². The van der Waals surface area contributed by atoms with Crippen molar-refractivity contribution in [3.8, 4) is 0 Å². The molecule has 0 aromatic heterocycles. The minimum Gasteiger partial charge on any atom is -0.382 e. The normalized spacial score (nSPS) is 18.2. The Morgan fingerprint density at radius 2 is 2.12 bits per heavy atom. The quantitative estimate of drug-likeness (QED) is 0.907. The number of anilines is 1. The number of halogens is 1. The highest BCUT2D eigenvalue weighted by Gasteiger charge is 2.14. The summed E-state index contributed by atoms with van der Waals surface area (Å²) in [6, 6.07) is 6.52. The number of rotatable bonds is 4. The fourth-order valence-electron chi connectivity index (χ4n) is 2.30. The zero-order chi connectivity index (χ0) is 12.3. The largest absolute Gasteiger partial charge is 0.382 e. The molecule has 1 aliphatic rings. The van der Waals surface area contributed by atoms with Crippen LogP contribution in [0.1, 0.15) is 31.2 Å². The Bertz CT molecular complexity index is 416. The van der Waals surface area contributed by atoms with Gasteiger partial charge in [0.25, 0.3) is 0 Å². The second-order valence-electron chi connectivity index (χ2n) is 4.65. The van der Waals surface area contributed by atoms with Gasteiger partial charge >= 0.3 is 0 Å². The van der Waals surface area contributed by atoms with Crippen molar-refractivity contribution in [2.24, 2.45) is 0 Å². The highest BCUT2D eigenvalue weighted by molar-refractivity contribution is 7.83. The van der Waals surface area contributed by atoms with E-state index in [0.29, 0.717) is 16.8 Å². The van der Waals surface area contributed by atoms with Gasteiger partial charge in [-0.25, -0.2) is 0 Å². The fourth-order valence-corrected chi connectivity index (χ4v) is 3.24. The van der Waals surface area contributed by atoms with E-state index < -0.39 is 10.8 Å². The molecule has 4 heteroatoms. The van der Waals surface area contributed by atoms with E-state index in [2.05, 4.69) is 5.32 Å². The molecule has 1 aromatic rings. The van der Waals surface area contributed by atoms with E-state index in [9.17, 15) is 4.21 Å². The van der Waals surface area contributed by atoms with Gasteiger partial charge in [-0.2, -0.15) is 0 Å². The van der Waals surface area contributed by atoms with Crippen molar-refractivity contribution in [2.75, 3.05) is 11.6 Å². The molecule has 1 aromatic carbocycles. The first-order valence-electron chi connectivity index (χ1n) is 6.00. The van der Waals surface area contributed by atoms with Crippen LogP contribution in [0.3, 0.4) is 0 Å². The molecule has 2 nitrogen and oxygen atoms in total. The lowest BCUT2D eigenvalue weighted by Crippen LogP contribution is -2.14. The van der Waals surface area contributed by atoms with E-state index in [4.69, 9.17) is 11.6 Å². The highest BCUT2D eigenvalue weighted by Crippen LogP contribution is 2.26. The van der Waals surface area contributed by atoms with Crippen molar-refractivity contribution in [1.82, 2.24) is 0 Å². The molecule has 1 saturated carbocycles. The summed E-state index contributed by atoms with van der Waals surface area (Å²) < 4.78 is 11.3. The number of nitrogens with one attached hydrogen (secondary N) is 1. The van der Waals surface area contributed by atoms with E-state index in [0.717, 1.165) is 11.3 Å². The summed E-state index contributed by atoms with van der Waals surface area (Å²) in [6.45, 7) is 0. The molecule has 0 spiro atoms. The first-order valence-corrected chi connectivity index (χ1v) is 8.10. The number of benzene rings is 1. The Morgan fingerprint density at radius 3 is 2.76 bits per heavy atom. The molecule has 1 atom stereocenters. The summed E-state index contributed by atoms with van der Waals surface area (Å²) in [5.41, 5.74) is 2.07. The SMILES string of the molecule is C[S@](=O)Cc1cc(NC2CCCC2)ccc1Cl. The van der Waals surface area contributed by atoms with Crippen LogP contribution in [0.15, 0.2) is 18.2 Å². The van der Waals surface area contributed by atoms with Gasteiger partial charge in [0.05, 0.1) is 0 Å². The van der Waals surface area contributed by atoms with Crippen LogP contribution in [0.5, 0.6) is 0 Å². The van der Waals surface area contributed by atoms with Crippen LogP contribution in [-0.2, 0) is 16.6 Å². The van der Waals surface area contributed by atoms with Crippen LogP contribution in [0.25, 0.3) is 0 Å². The van der Waals surface area contributed by atoms with E-state index >= 15 is 0 Å². The third kappa shape index (κ3) is 3.71. The summed E-state index contributed by atoms with van der Waals surface area (Å²) in [7, 11) is -0.851. The minimum absolute atomic E-state index is 0.527. The smallest absolute Gasteiger partial charge is 0.0498 e. The predicted molar refractivity (Wildman–Crippen MR) is 75.1 cm³/mol. The minimum atomic E-state index is -0.851. The molecule has 0 saturated heterocycles. The molecule has 1 aliphatic carbocycles. The lowest BCUT2D eigenvalue weighted by atomic mass is 10.2. The van der Waals surface area contributed by atoms with Crippen LogP contribution < -0.4 is 5.32 Å². The van der Waals surface area contributed by atoms with Gasteiger partial charge in [0.2, 0.25) is 0 Å². The lowest BCUT2D eigenvalue weighted by Gasteiger charge is -2.14. The molecule has 0 unspecified atom stereocenters. The summed E-state index contributed by atoms with van der Waals surface area (Å²) in [6.07, 6.45) is 6.83. The Kier molecular flexibility index (Phi) is 4.46. The lowest BCUT2D eigenvalue weighted by molar-refractivity contribution is 0.686. The fraction of sp³-hybridized carbons (Fsp3) is 0.538. The van der Waals surface area contributed by atoms with Crippen molar-refractivity contribution in [2.45, 2.75) is 37.5 Å². The maximum atomic E-state index is 11.3. The Balaban J connectivity index is 2.09. The predicted octanol–water partition coefficient (Wildman–Crippen LogP) is 3.57. The van der Waals surface area contributed by atoms with E-state index in [1.54, 1.807) is 6.26 Å². The summed E-state index contributed by atoms with van der Waals surface area (Å²) in [5, 5.41) is 4.23. The van der Waals surface area contributed by atoms with Gasteiger partial charge in [0, 0.05) is 39.6 Å². The topological polar surface area (TPSA) is 29.1 Å². The second-order valence-corrected chi connectivity index (χ2v) is 6.49. The maximum absolute atomic E-state index is 11.3. The molecule has 0 heterocycles. The number of hydrogen-bond acceptors (Lipinski definition) is 2. The van der Waals surface area contributed by atoms with Gasteiger partial charge < -0.3 is 5.32 Å². The maximum Gasteiger partial charge on any atom is 0.0498 e. The van der Waals surface area contributed by atoms with Gasteiger partial charge in [-0.15, -0.1) is 0 Å². The number of hydrogen-bond donors (Lipinski definition) is 1. The Labute approximate surface area is 110 Å². The van der Waals surface area contributed by atoms with Crippen LogP contribution >= 0.6 is 11.6 Å².